The Morgan fingerprint density at radius 2 is 1.62 bits per heavy atom. The summed E-state index contributed by atoms with van der Waals surface area (Å²) in [5.74, 6) is -0.266. The van der Waals surface area contributed by atoms with Gasteiger partial charge < -0.3 is 9.67 Å². The zero-order chi connectivity index (χ0) is 18.4. The van der Waals surface area contributed by atoms with E-state index in [1.54, 1.807) is 24.3 Å². The van der Waals surface area contributed by atoms with E-state index in [4.69, 9.17) is 4.98 Å². The number of hydrogen-bond acceptors (Lipinski definition) is 4. The van der Waals surface area contributed by atoms with E-state index in [-0.39, 0.29) is 11.7 Å². The summed E-state index contributed by atoms with van der Waals surface area (Å²) in [7, 11) is 0. The molecule has 0 unspecified atom stereocenters. The summed E-state index contributed by atoms with van der Waals surface area (Å²) in [4.78, 5) is 30.1. The minimum Gasteiger partial charge on any atom is -0.872 e. The molecule has 0 atom stereocenters. The normalized spacial score (nSPS) is 13.0. The average molecular weight is 345 g/mol. The van der Waals surface area contributed by atoms with E-state index in [0.29, 0.717) is 29.1 Å². The molecule has 0 radical (unpaired) electrons. The Labute approximate surface area is 150 Å². The Hall–Kier alpha value is -3.21. The van der Waals surface area contributed by atoms with Gasteiger partial charge in [-0.15, -0.1) is 5.75 Å². The maximum Gasteiger partial charge on any atom is 0.252 e. The minimum absolute atomic E-state index is 0.0642. The van der Waals surface area contributed by atoms with Crippen molar-refractivity contribution in [2.24, 2.45) is 0 Å². The van der Waals surface area contributed by atoms with Gasteiger partial charge in [-0.1, -0.05) is 62.4 Å². The van der Waals surface area contributed by atoms with Crippen LogP contribution in [0.4, 0.5) is 0 Å². The molecule has 0 fully saturated rings. The lowest BCUT2D eigenvalue weighted by molar-refractivity contribution is -0.268. The quantitative estimate of drug-likeness (QED) is 0.683. The third-order valence-corrected chi connectivity index (χ3v) is 4.63. The summed E-state index contributed by atoms with van der Waals surface area (Å²) in [6, 6.07) is 13.5. The highest BCUT2D eigenvalue weighted by atomic mass is 16.3. The molecule has 1 aliphatic carbocycles. The standard InChI is InChI=1S/C21H18N2O3/c1-12(2)21-22-17-15-5-3-4-6-16(15)19(25)20(26)18(17)23(21)11-13-7-9-14(24)10-8-13/h3-10,12,24H,11H2,1-2H3/p-1. The number of imidazole rings is 1. The first-order valence-electron chi connectivity index (χ1n) is 8.52. The zero-order valence-electron chi connectivity index (χ0n) is 14.5. The van der Waals surface area contributed by atoms with Gasteiger partial charge in [-0.3, -0.25) is 9.59 Å². The summed E-state index contributed by atoms with van der Waals surface area (Å²) in [6.45, 7) is 4.39. The van der Waals surface area contributed by atoms with Crippen LogP contribution in [0.2, 0.25) is 0 Å². The molecule has 0 bridgehead atoms. The highest BCUT2D eigenvalue weighted by Gasteiger charge is 2.36. The van der Waals surface area contributed by atoms with Gasteiger partial charge in [0.05, 0.1) is 0 Å². The Morgan fingerprint density at radius 1 is 0.962 bits per heavy atom. The smallest absolute Gasteiger partial charge is 0.252 e. The van der Waals surface area contributed by atoms with E-state index >= 15 is 0 Å². The Bertz CT molecular complexity index is 1030. The number of hydrogen-bond donors (Lipinski definition) is 0. The maximum absolute atomic E-state index is 12.8. The minimum atomic E-state index is -0.529. The Kier molecular flexibility index (Phi) is 3.72. The van der Waals surface area contributed by atoms with Crippen molar-refractivity contribution in [3.8, 4) is 17.0 Å². The molecule has 0 amide bonds. The van der Waals surface area contributed by atoms with Gasteiger partial charge in [0, 0.05) is 23.6 Å². The molecule has 5 heteroatoms. The zero-order valence-corrected chi connectivity index (χ0v) is 14.5. The van der Waals surface area contributed by atoms with Crippen LogP contribution in [0.5, 0.6) is 5.75 Å². The molecule has 0 spiro atoms. The molecule has 1 aromatic heterocycles. The lowest BCUT2D eigenvalue weighted by atomic mass is 9.90. The molecule has 0 aliphatic heterocycles. The van der Waals surface area contributed by atoms with E-state index in [9.17, 15) is 14.7 Å². The van der Waals surface area contributed by atoms with Gasteiger partial charge in [0.2, 0.25) is 5.78 Å². The predicted octanol–water partition coefficient (Wildman–Crippen LogP) is 3.17. The molecular formula is C21H17N2O3-. The van der Waals surface area contributed by atoms with Crippen molar-refractivity contribution in [1.29, 1.82) is 0 Å². The summed E-state index contributed by atoms with van der Waals surface area (Å²) in [5.41, 5.74) is 2.88. The number of carbonyl (C=O) groups excluding carboxylic acids is 2. The third-order valence-electron chi connectivity index (χ3n) is 4.63. The highest BCUT2D eigenvalue weighted by Crippen LogP contribution is 2.35. The van der Waals surface area contributed by atoms with Gasteiger partial charge in [-0.25, -0.2) is 4.98 Å². The van der Waals surface area contributed by atoms with Crippen LogP contribution in [-0.4, -0.2) is 21.1 Å². The number of Topliss-reactive ketones (excluding diaryl/α,β-unsaturated/α-hetero) is 2. The van der Waals surface area contributed by atoms with Gasteiger partial charge >= 0.3 is 0 Å². The molecule has 0 saturated carbocycles. The summed E-state index contributed by atoms with van der Waals surface area (Å²) in [6.07, 6.45) is 0. The second kappa shape index (κ2) is 5.95. The summed E-state index contributed by atoms with van der Waals surface area (Å²) >= 11 is 0. The number of fused-ring (bicyclic) bond motifs is 3. The number of rotatable bonds is 3. The van der Waals surface area contributed by atoms with Crippen molar-refractivity contribution in [2.75, 3.05) is 0 Å². The molecule has 3 aromatic rings. The van der Waals surface area contributed by atoms with Crippen LogP contribution in [0.3, 0.4) is 0 Å². The molecule has 0 saturated heterocycles. The fraction of sp³-hybridized carbons (Fsp3) is 0.190. The van der Waals surface area contributed by atoms with Crippen LogP contribution in [0.15, 0.2) is 48.5 Å². The Morgan fingerprint density at radius 3 is 2.27 bits per heavy atom. The largest absolute Gasteiger partial charge is 0.872 e. The fourth-order valence-electron chi connectivity index (χ4n) is 3.38. The fourth-order valence-corrected chi connectivity index (χ4v) is 3.38. The topological polar surface area (TPSA) is 75.0 Å². The van der Waals surface area contributed by atoms with Gasteiger partial charge in [0.1, 0.15) is 17.2 Å². The molecule has 1 aliphatic rings. The van der Waals surface area contributed by atoms with Crippen LogP contribution < -0.4 is 5.11 Å². The number of nitrogens with zero attached hydrogens (tertiary/aromatic N) is 2. The van der Waals surface area contributed by atoms with Crippen LogP contribution >= 0.6 is 0 Å². The van der Waals surface area contributed by atoms with Crippen molar-refractivity contribution in [3.05, 3.63) is 71.2 Å². The monoisotopic (exact) mass is 345 g/mol. The third kappa shape index (κ3) is 2.44. The second-order valence-corrected chi connectivity index (χ2v) is 6.76. The summed E-state index contributed by atoms with van der Waals surface area (Å²) in [5, 5.41) is 11.3. The van der Waals surface area contributed by atoms with Gasteiger partial charge in [-0.05, 0) is 5.56 Å². The molecule has 26 heavy (non-hydrogen) atoms. The first kappa shape index (κ1) is 16.3. The molecule has 4 rings (SSSR count). The maximum atomic E-state index is 12.8. The van der Waals surface area contributed by atoms with Gasteiger partial charge in [-0.2, -0.15) is 0 Å². The molecule has 130 valence electrons. The molecule has 5 nitrogen and oxygen atoms in total. The molecular weight excluding hydrogens is 328 g/mol. The van der Waals surface area contributed by atoms with Crippen molar-refractivity contribution in [1.82, 2.24) is 9.55 Å². The van der Waals surface area contributed by atoms with Crippen LogP contribution in [0.25, 0.3) is 11.3 Å². The van der Waals surface area contributed by atoms with E-state index in [1.807, 2.05) is 30.5 Å². The molecule has 1 heterocycles. The molecule has 0 N–H and O–H groups in total. The van der Waals surface area contributed by atoms with Crippen LogP contribution in [0.1, 0.15) is 52.0 Å². The average Bonchev–Trinajstić information content (AvgIpc) is 3.01. The lowest BCUT2D eigenvalue weighted by Gasteiger charge is -2.17. The molecule has 2 aromatic carbocycles. The number of aromatic nitrogens is 2. The first-order valence-corrected chi connectivity index (χ1v) is 8.52. The number of ketones is 2. The van der Waals surface area contributed by atoms with Crippen LogP contribution in [-0.2, 0) is 6.54 Å². The number of benzene rings is 2. The van der Waals surface area contributed by atoms with E-state index in [0.717, 1.165) is 11.4 Å². The highest BCUT2D eigenvalue weighted by molar-refractivity contribution is 6.52. The van der Waals surface area contributed by atoms with Crippen molar-refractivity contribution >= 4 is 11.6 Å². The van der Waals surface area contributed by atoms with Crippen LogP contribution in [0, 0.1) is 0 Å². The van der Waals surface area contributed by atoms with Crippen molar-refractivity contribution < 1.29 is 14.7 Å². The van der Waals surface area contributed by atoms with Gasteiger partial charge in [0.25, 0.3) is 5.78 Å². The van der Waals surface area contributed by atoms with E-state index in [1.165, 1.54) is 12.1 Å². The van der Waals surface area contributed by atoms with Crippen molar-refractivity contribution in [2.45, 2.75) is 26.3 Å². The van der Waals surface area contributed by atoms with Crippen molar-refractivity contribution in [3.63, 3.8) is 0 Å². The SMILES string of the molecule is CC(C)c1nc2c(n1Cc1ccc([O-])cc1)C(=O)C(=O)c1ccccc1-2. The number of carbonyl (C=O) groups is 2. The second-order valence-electron chi connectivity index (χ2n) is 6.76. The van der Waals surface area contributed by atoms with Gasteiger partial charge in [0.15, 0.2) is 0 Å². The van der Waals surface area contributed by atoms with E-state index in [2.05, 4.69) is 0 Å². The first-order chi connectivity index (χ1) is 12.5. The predicted molar refractivity (Wildman–Crippen MR) is 95.4 cm³/mol. The van der Waals surface area contributed by atoms with E-state index < -0.39 is 11.6 Å². The lowest BCUT2D eigenvalue weighted by Crippen LogP contribution is -2.24. The summed E-state index contributed by atoms with van der Waals surface area (Å²) < 4.78 is 1.82. The Balaban J connectivity index is 1.93.